The summed E-state index contributed by atoms with van der Waals surface area (Å²) in [5, 5.41) is 0. The first kappa shape index (κ1) is 10.6. The maximum Gasteiger partial charge on any atom is 0.0604 e. The van der Waals surface area contributed by atoms with Crippen LogP contribution in [0.5, 0.6) is 0 Å². The van der Waals surface area contributed by atoms with E-state index in [9.17, 15) is 0 Å². The van der Waals surface area contributed by atoms with Crippen LogP contribution in [0.1, 0.15) is 44.0 Å². The molecule has 1 atom stereocenters. The van der Waals surface area contributed by atoms with Crippen molar-refractivity contribution >= 4 is 0 Å². The van der Waals surface area contributed by atoms with Gasteiger partial charge in [0, 0.05) is 12.2 Å². The zero-order valence-electron chi connectivity index (χ0n) is 9.90. The van der Waals surface area contributed by atoms with Crippen LogP contribution in [0.15, 0.2) is 18.3 Å². The second kappa shape index (κ2) is 4.31. The quantitative estimate of drug-likeness (QED) is 0.736. The van der Waals surface area contributed by atoms with Gasteiger partial charge in [-0.3, -0.25) is 9.88 Å². The Hall–Kier alpha value is -0.890. The fourth-order valence-corrected chi connectivity index (χ4v) is 2.55. The van der Waals surface area contributed by atoms with Crippen molar-refractivity contribution in [3.05, 3.63) is 29.6 Å². The first-order chi connectivity index (χ1) is 7.20. The average molecular weight is 204 g/mol. The summed E-state index contributed by atoms with van der Waals surface area (Å²) in [4.78, 5) is 7.12. The molecule has 1 aliphatic heterocycles. The summed E-state index contributed by atoms with van der Waals surface area (Å²) in [6, 6.07) is 5.36. The van der Waals surface area contributed by atoms with Crippen molar-refractivity contribution in [2.45, 2.75) is 45.7 Å². The lowest BCUT2D eigenvalue weighted by Crippen LogP contribution is -2.31. The molecular formula is C13H20N2. The van der Waals surface area contributed by atoms with Crippen LogP contribution in [0, 0.1) is 6.92 Å². The molecule has 0 spiro atoms. The second-order valence-electron chi connectivity index (χ2n) is 4.70. The van der Waals surface area contributed by atoms with Gasteiger partial charge in [0.05, 0.1) is 11.7 Å². The van der Waals surface area contributed by atoms with Gasteiger partial charge in [0.1, 0.15) is 0 Å². The van der Waals surface area contributed by atoms with E-state index in [2.05, 4.69) is 36.7 Å². The van der Waals surface area contributed by atoms with Crippen LogP contribution in [0.2, 0.25) is 0 Å². The van der Waals surface area contributed by atoms with E-state index >= 15 is 0 Å². The van der Waals surface area contributed by atoms with Crippen molar-refractivity contribution in [1.82, 2.24) is 9.88 Å². The summed E-state index contributed by atoms with van der Waals surface area (Å²) >= 11 is 0. The molecule has 0 amide bonds. The minimum absolute atomic E-state index is 0.547. The molecule has 0 N–H and O–H groups in total. The summed E-state index contributed by atoms with van der Waals surface area (Å²) in [5.74, 6) is 0. The van der Waals surface area contributed by atoms with Crippen LogP contribution < -0.4 is 0 Å². The third-order valence-corrected chi connectivity index (χ3v) is 3.32. The van der Waals surface area contributed by atoms with E-state index in [1.54, 1.807) is 0 Å². The number of nitrogens with zero attached hydrogens (tertiary/aromatic N) is 2. The van der Waals surface area contributed by atoms with E-state index in [0.717, 1.165) is 0 Å². The van der Waals surface area contributed by atoms with Gasteiger partial charge in [-0.1, -0.05) is 6.07 Å². The molecule has 2 heterocycles. The number of likely N-dealkylation sites (tertiary alicyclic amines) is 1. The zero-order valence-corrected chi connectivity index (χ0v) is 9.90. The topological polar surface area (TPSA) is 16.1 Å². The molecule has 2 nitrogen and oxygen atoms in total. The molecule has 1 fully saturated rings. The third kappa shape index (κ3) is 2.05. The Kier molecular flexibility index (Phi) is 3.06. The van der Waals surface area contributed by atoms with Gasteiger partial charge in [-0.25, -0.2) is 0 Å². The molecule has 15 heavy (non-hydrogen) atoms. The average Bonchev–Trinajstić information content (AvgIpc) is 2.67. The molecule has 0 unspecified atom stereocenters. The van der Waals surface area contributed by atoms with Gasteiger partial charge < -0.3 is 0 Å². The van der Waals surface area contributed by atoms with Crippen LogP contribution >= 0.6 is 0 Å². The van der Waals surface area contributed by atoms with Crippen LogP contribution in [0.25, 0.3) is 0 Å². The van der Waals surface area contributed by atoms with E-state index in [4.69, 9.17) is 0 Å². The smallest absolute Gasteiger partial charge is 0.0604 e. The lowest BCUT2D eigenvalue weighted by atomic mass is 10.1. The van der Waals surface area contributed by atoms with Gasteiger partial charge in [-0.2, -0.15) is 0 Å². The summed E-state index contributed by atoms with van der Waals surface area (Å²) < 4.78 is 0. The number of rotatable bonds is 2. The number of hydrogen-bond acceptors (Lipinski definition) is 2. The fourth-order valence-electron chi connectivity index (χ4n) is 2.55. The zero-order chi connectivity index (χ0) is 10.8. The Morgan fingerprint density at radius 3 is 2.93 bits per heavy atom. The highest BCUT2D eigenvalue weighted by molar-refractivity contribution is 5.22. The Labute approximate surface area is 92.3 Å². The van der Waals surface area contributed by atoms with Gasteiger partial charge in [0.15, 0.2) is 0 Å². The normalized spacial score (nSPS) is 22.5. The molecule has 0 aliphatic carbocycles. The van der Waals surface area contributed by atoms with E-state index in [0.29, 0.717) is 12.1 Å². The van der Waals surface area contributed by atoms with Crippen molar-refractivity contribution < 1.29 is 0 Å². The summed E-state index contributed by atoms with van der Waals surface area (Å²) in [6.45, 7) is 7.94. The van der Waals surface area contributed by atoms with Crippen LogP contribution in [0.3, 0.4) is 0 Å². The van der Waals surface area contributed by atoms with Crippen molar-refractivity contribution in [3.8, 4) is 0 Å². The van der Waals surface area contributed by atoms with Crippen molar-refractivity contribution in [2.75, 3.05) is 6.54 Å². The molecule has 1 saturated heterocycles. The van der Waals surface area contributed by atoms with Gasteiger partial charge in [-0.15, -0.1) is 0 Å². The molecule has 0 radical (unpaired) electrons. The Balaban J connectivity index is 2.27. The van der Waals surface area contributed by atoms with Crippen molar-refractivity contribution in [3.63, 3.8) is 0 Å². The summed E-state index contributed by atoms with van der Waals surface area (Å²) in [5.41, 5.74) is 2.61. The summed E-state index contributed by atoms with van der Waals surface area (Å²) in [7, 11) is 0. The molecule has 1 aliphatic rings. The van der Waals surface area contributed by atoms with E-state index in [1.165, 1.54) is 30.6 Å². The van der Waals surface area contributed by atoms with Crippen LogP contribution in [-0.2, 0) is 0 Å². The molecule has 1 aromatic heterocycles. The highest BCUT2D eigenvalue weighted by Gasteiger charge is 2.29. The minimum atomic E-state index is 0.547. The van der Waals surface area contributed by atoms with E-state index < -0.39 is 0 Å². The Morgan fingerprint density at radius 1 is 1.47 bits per heavy atom. The first-order valence-electron chi connectivity index (χ1n) is 5.87. The van der Waals surface area contributed by atoms with Crippen molar-refractivity contribution in [1.29, 1.82) is 0 Å². The van der Waals surface area contributed by atoms with Crippen LogP contribution in [0.4, 0.5) is 0 Å². The predicted molar refractivity (Wildman–Crippen MR) is 62.8 cm³/mol. The highest BCUT2D eigenvalue weighted by atomic mass is 15.2. The number of hydrogen-bond donors (Lipinski definition) is 0. The number of aryl methyl sites for hydroxylation is 1. The lowest BCUT2D eigenvalue weighted by Gasteiger charge is -2.28. The monoisotopic (exact) mass is 204 g/mol. The van der Waals surface area contributed by atoms with Crippen LogP contribution in [-0.4, -0.2) is 22.5 Å². The fraction of sp³-hybridized carbons (Fsp3) is 0.615. The maximum atomic E-state index is 4.55. The van der Waals surface area contributed by atoms with Gasteiger partial charge >= 0.3 is 0 Å². The predicted octanol–water partition coefficient (Wildman–Crippen LogP) is 2.94. The van der Waals surface area contributed by atoms with Crippen molar-refractivity contribution in [2.24, 2.45) is 0 Å². The lowest BCUT2D eigenvalue weighted by molar-refractivity contribution is 0.201. The maximum absolute atomic E-state index is 4.55. The SMILES string of the molecule is Cc1cccnc1[C@@H]1CCCN1C(C)C. The molecule has 0 bridgehead atoms. The minimum Gasteiger partial charge on any atom is -0.292 e. The first-order valence-corrected chi connectivity index (χ1v) is 5.87. The third-order valence-electron chi connectivity index (χ3n) is 3.32. The van der Waals surface area contributed by atoms with Gasteiger partial charge in [0.2, 0.25) is 0 Å². The molecule has 0 saturated carbocycles. The molecule has 2 heteroatoms. The largest absolute Gasteiger partial charge is 0.292 e. The van der Waals surface area contributed by atoms with Gasteiger partial charge in [0.25, 0.3) is 0 Å². The Morgan fingerprint density at radius 2 is 2.27 bits per heavy atom. The highest BCUT2D eigenvalue weighted by Crippen LogP contribution is 2.33. The summed E-state index contributed by atoms with van der Waals surface area (Å²) in [6.07, 6.45) is 4.48. The standard InChI is InChI=1S/C13H20N2/c1-10(2)15-9-5-7-12(15)13-11(3)6-4-8-14-13/h4,6,8,10,12H,5,7,9H2,1-3H3/t12-/m0/s1. The molecular weight excluding hydrogens is 184 g/mol. The molecule has 1 aromatic rings. The molecule has 0 aromatic carbocycles. The van der Waals surface area contributed by atoms with E-state index in [-0.39, 0.29) is 0 Å². The molecule has 82 valence electrons. The molecule has 2 rings (SSSR count). The number of pyridine rings is 1. The Bertz CT molecular complexity index is 333. The van der Waals surface area contributed by atoms with E-state index in [1.807, 2.05) is 12.3 Å². The van der Waals surface area contributed by atoms with Gasteiger partial charge in [-0.05, 0) is 51.8 Å². The second-order valence-corrected chi connectivity index (χ2v) is 4.70. The number of aromatic nitrogens is 1.